The molecule has 3 aromatic carbocycles. The number of rotatable bonds is 7. The maximum absolute atomic E-state index is 13.5. The maximum Gasteiger partial charge on any atom is 0.336 e. The van der Waals surface area contributed by atoms with E-state index in [1.54, 1.807) is 24.3 Å². The highest BCUT2D eigenvalue weighted by Gasteiger charge is 2.38. The number of ether oxygens (including phenoxy) is 2. The monoisotopic (exact) mass is 458 g/mol. The van der Waals surface area contributed by atoms with Gasteiger partial charge in [0.2, 0.25) is 0 Å². The Hall–Kier alpha value is -4.13. The molecule has 1 fully saturated rings. The van der Waals surface area contributed by atoms with Crippen LogP contribution in [0, 0.1) is 0 Å². The number of para-hydroxylation sites is 2. The van der Waals surface area contributed by atoms with Gasteiger partial charge in [-0.15, -0.1) is 0 Å². The summed E-state index contributed by atoms with van der Waals surface area (Å²) < 4.78 is 11.7. The predicted molar refractivity (Wildman–Crippen MR) is 131 cm³/mol. The van der Waals surface area contributed by atoms with Gasteiger partial charge in [-0.25, -0.2) is 9.69 Å². The molecule has 4 amide bonds. The standard InChI is InChI=1S/C27H26N2O5/c1-4-17(3)34-23-15-14-18-10-6-7-11-19(18)20(23)16-21-25(30)28-27(32)29(26(21)31)22-12-8-9-13-24(22)33-5-2/h6-17H,4-5H2,1-3H3,(H,28,30,32)/b21-16+/t17-/m0/s1. The van der Waals surface area contributed by atoms with Gasteiger partial charge < -0.3 is 9.47 Å². The van der Waals surface area contributed by atoms with Crippen LogP contribution in [0.15, 0.2) is 66.2 Å². The molecular formula is C27H26N2O5. The summed E-state index contributed by atoms with van der Waals surface area (Å²) in [7, 11) is 0. The summed E-state index contributed by atoms with van der Waals surface area (Å²) in [6, 6.07) is 17.3. The van der Waals surface area contributed by atoms with E-state index in [0.717, 1.165) is 22.1 Å². The fourth-order valence-corrected chi connectivity index (χ4v) is 3.77. The summed E-state index contributed by atoms with van der Waals surface area (Å²) >= 11 is 0. The lowest BCUT2D eigenvalue weighted by Crippen LogP contribution is -2.54. The van der Waals surface area contributed by atoms with Gasteiger partial charge in [0.25, 0.3) is 11.8 Å². The van der Waals surface area contributed by atoms with Crippen LogP contribution in [0.4, 0.5) is 10.5 Å². The second-order valence-corrected chi connectivity index (χ2v) is 7.89. The number of barbiturate groups is 1. The molecule has 4 rings (SSSR count). The van der Waals surface area contributed by atoms with Crippen LogP contribution >= 0.6 is 0 Å². The summed E-state index contributed by atoms with van der Waals surface area (Å²) in [5, 5.41) is 4.04. The Balaban J connectivity index is 1.86. The minimum Gasteiger partial charge on any atom is -0.492 e. The Morgan fingerprint density at radius 1 is 0.941 bits per heavy atom. The van der Waals surface area contributed by atoms with E-state index < -0.39 is 17.8 Å². The Bertz CT molecular complexity index is 1300. The third-order valence-corrected chi connectivity index (χ3v) is 5.63. The number of anilines is 1. The van der Waals surface area contributed by atoms with Crippen molar-refractivity contribution in [3.05, 3.63) is 71.8 Å². The van der Waals surface area contributed by atoms with Crippen LogP contribution in [-0.4, -0.2) is 30.6 Å². The lowest BCUT2D eigenvalue weighted by atomic mass is 9.99. The third-order valence-electron chi connectivity index (χ3n) is 5.63. The van der Waals surface area contributed by atoms with Gasteiger partial charge in [0.05, 0.1) is 18.4 Å². The number of imide groups is 2. The van der Waals surface area contributed by atoms with Gasteiger partial charge in [0.15, 0.2) is 0 Å². The van der Waals surface area contributed by atoms with Crippen molar-refractivity contribution in [3.63, 3.8) is 0 Å². The first-order valence-electron chi connectivity index (χ1n) is 11.3. The van der Waals surface area contributed by atoms with Gasteiger partial charge in [-0.05, 0) is 55.3 Å². The quantitative estimate of drug-likeness (QED) is 0.394. The molecule has 0 spiro atoms. The van der Waals surface area contributed by atoms with Gasteiger partial charge in [-0.1, -0.05) is 49.4 Å². The molecule has 1 aliphatic rings. The molecule has 1 aliphatic heterocycles. The van der Waals surface area contributed by atoms with E-state index >= 15 is 0 Å². The summed E-state index contributed by atoms with van der Waals surface area (Å²) in [4.78, 5) is 40.0. The second-order valence-electron chi connectivity index (χ2n) is 7.89. The van der Waals surface area contributed by atoms with Crippen LogP contribution in [0.3, 0.4) is 0 Å². The first-order valence-corrected chi connectivity index (χ1v) is 11.3. The normalized spacial score (nSPS) is 16.0. The van der Waals surface area contributed by atoms with E-state index in [-0.39, 0.29) is 17.4 Å². The van der Waals surface area contributed by atoms with Crippen LogP contribution in [0.1, 0.15) is 32.8 Å². The van der Waals surface area contributed by atoms with Crippen molar-refractivity contribution >= 4 is 40.4 Å². The molecule has 174 valence electrons. The zero-order valence-electron chi connectivity index (χ0n) is 19.3. The number of nitrogens with zero attached hydrogens (tertiary/aromatic N) is 1. The molecule has 0 bridgehead atoms. The minimum absolute atomic E-state index is 0.0645. The third kappa shape index (κ3) is 4.37. The Kier molecular flexibility index (Phi) is 6.63. The highest BCUT2D eigenvalue weighted by Crippen LogP contribution is 2.34. The number of urea groups is 1. The highest BCUT2D eigenvalue weighted by atomic mass is 16.5. The number of benzene rings is 3. The predicted octanol–water partition coefficient (Wildman–Crippen LogP) is 5.08. The van der Waals surface area contributed by atoms with Gasteiger partial charge in [-0.3, -0.25) is 14.9 Å². The molecule has 0 saturated carbocycles. The van der Waals surface area contributed by atoms with E-state index in [9.17, 15) is 14.4 Å². The number of hydrogen-bond donors (Lipinski definition) is 1. The number of fused-ring (bicyclic) bond motifs is 1. The van der Waals surface area contributed by atoms with E-state index in [4.69, 9.17) is 9.47 Å². The van der Waals surface area contributed by atoms with Crippen molar-refractivity contribution in [3.8, 4) is 11.5 Å². The summed E-state index contributed by atoms with van der Waals surface area (Å²) in [5.74, 6) is -0.571. The average molecular weight is 459 g/mol. The van der Waals surface area contributed by atoms with Crippen molar-refractivity contribution in [1.82, 2.24) is 5.32 Å². The molecule has 0 aliphatic carbocycles. The number of nitrogens with one attached hydrogen (secondary N) is 1. The van der Waals surface area contributed by atoms with E-state index in [0.29, 0.717) is 23.7 Å². The molecule has 7 nitrogen and oxygen atoms in total. The number of hydrogen-bond acceptors (Lipinski definition) is 5. The second kappa shape index (κ2) is 9.79. The molecule has 7 heteroatoms. The minimum atomic E-state index is -0.826. The summed E-state index contributed by atoms with van der Waals surface area (Å²) in [6.07, 6.45) is 2.23. The highest BCUT2D eigenvalue weighted by molar-refractivity contribution is 6.39. The smallest absolute Gasteiger partial charge is 0.336 e. The van der Waals surface area contributed by atoms with Crippen molar-refractivity contribution in [2.24, 2.45) is 0 Å². The molecular weight excluding hydrogens is 432 g/mol. The van der Waals surface area contributed by atoms with Crippen molar-refractivity contribution in [2.45, 2.75) is 33.3 Å². The molecule has 3 aromatic rings. The van der Waals surface area contributed by atoms with Crippen LogP contribution in [0.25, 0.3) is 16.8 Å². The molecule has 1 atom stereocenters. The van der Waals surface area contributed by atoms with Gasteiger partial charge in [-0.2, -0.15) is 0 Å². The lowest BCUT2D eigenvalue weighted by molar-refractivity contribution is -0.122. The molecule has 0 unspecified atom stereocenters. The molecule has 34 heavy (non-hydrogen) atoms. The largest absolute Gasteiger partial charge is 0.492 e. The van der Waals surface area contributed by atoms with Crippen LogP contribution < -0.4 is 19.7 Å². The fraction of sp³-hybridized carbons (Fsp3) is 0.222. The first kappa shape index (κ1) is 23.0. The molecule has 0 aromatic heterocycles. The van der Waals surface area contributed by atoms with E-state index in [1.165, 1.54) is 6.08 Å². The zero-order chi connectivity index (χ0) is 24.2. The molecule has 0 radical (unpaired) electrons. The topological polar surface area (TPSA) is 84.9 Å². The van der Waals surface area contributed by atoms with Gasteiger partial charge >= 0.3 is 6.03 Å². The SMILES string of the molecule is CCOc1ccccc1N1C(=O)NC(=O)/C(=C\c2c(O[C@@H](C)CC)ccc3ccccc23)C1=O. The van der Waals surface area contributed by atoms with Crippen molar-refractivity contribution in [1.29, 1.82) is 0 Å². The molecule has 1 saturated heterocycles. The Morgan fingerprint density at radius 2 is 1.68 bits per heavy atom. The van der Waals surface area contributed by atoms with E-state index in [1.807, 2.05) is 57.2 Å². The van der Waals surface area contributed by atoms with Crippen molar-refractivity contribution in [2.75, 3.05) is 11.5 Å². The Labute approximate surface area is 198 Å². The van der Waals surface area contributed by atoms with Crippen LogP contribution in [0.5, 0.6) is 11.5 Å². The first-order chi connectivity index (χ1) is 16.4. The van der Waals surface area contributed by atoms with Gasteiger partial charge in [0.1, 0.15) is 17.1 Å². The lowest BCUT2D eigenvalue weighted by Gasteiger charge is -2.28. The van der Waals surface area contributed by atoms with E-state index in [2.05, 4.69) is 5.32 Å². The summed E-state index contributed by atoms with van der Waals surface area (Å²) in [6.45, 7) is 6.13. The summed E-state index contributed by atoms with van der Waals surface area (Å²) in [5.41, 5.74) is 0.694. The van der Waals surface area contributed by atoms with Gasteiger partial charge in [0, 0.05) is 5.56 Å². The fourth-order valence-electron chi connectivity index (χ4n) is 3.77. The zero-order valence-corrected chi connectivity index (χ0v) is 19.3. The number of carbonyl (C=O) groups excluding carboxylic acids is 3. The molecule has 1 N–H and O–H groups in total. The molecule has 1 heterocycles. The number of carbonyl (C=O) groups is 3. The maximum atomic E-state index is 13.5. The average Bonchev–Trinajstić information content (AvgIpc) is 2.83. The van der Waals surface area contributed by atoms with Crippen LogP contribution in [-0.2, 0) is 9.59 Å². The van der Waals surface area contributed by atoms with Crippen LogP contribution in [0.2, 0.25) is 0 Å². The number of amides is 4. The Morgan fingerprint density at radius 3 is 2.44 bits per heavy atom. The van der Waals surface area contributed by atoms with Crippen molar-refractivity contribution < 1.29 is 23.9 Å².